The first-order valence-electron chi connectivity index (χ1n) is 5.40. The highest BCUT2D eigenvalue weighted by atomic mass is 35.5. The van der Waals surface area contributed by atoms with Crippen molar-refractivity contribution in [3.05, 3.63) is 64.9 Å². The minimum Gasteiger partial charge on any atom is -0.271 e. The van der Waals surface area contributed by atoms with Crippen molar-refractivity contribution in [3.8, 4) is 0 Å². The summed E-state index contributed by atoms with van der Waals surface area (Å²) in [6.45, 7) is 0. The molecule has 3 N–H and O–H groups in total. The first-order valence-corrected chi connectivity index (χ1v) is 5.78. The molecule has 2 rings (SSSR count). The van der Waals surface area contributed by atoms with E-state index in [4.69, 9.17) is 17.4 Å². The third-order valence-electron chi connectivity index (χ3n) is 2.64. The number of pyridine rings is 1. The number of benzene rings is 1. The smallest absolute Gasteiger partial charge is 0.0500 e. The van der Waals surface area contributed by atoms with Crippen molar-refractivity contribution in [3.63, 3.8) is 0 Å². The lowest BCUT2D eigenvalue weighted by Gasteiger charge is -2.16. The highest BCUT2D eigenvalue weighted by Gasteiger charge is 2.10. The zero-order valence-corrected chi connectivity index (χ0v) is 10.1. The van der Waals surface area contributed by atoms with Crippen molar-refractivity contribution in [2.75, 3.05) is 0 Å². The van der Waals surface area contributed by atoms with Gasteiger partial charge < -0.3 is 0 Å². The molecule has 3 nitrogen and oxygen atoms in total. The largest absolute Gasteiger partial charge is 0.271 e. The number of nitrogens with two attached hydrogens (primary N) is 1. The van der Waals surface area contributed by atoms with Gasteiger partial charge in [-0.25, -0.2) is 0 Å². The third-order valence-corrected chi connectivity index (χ3v) is 2.88. The predicted octanol–water partition coefficient (Wildman–Crippen LogP) is 2.48. The second-order valence-corrected chi connectivity index (χ2v) is 4.27. The topological polar surface area (TPSA) is 50.9 Å². The van der Waals surface area contributed by atoms with Crippen molar-refractivity contribution >= 4 is 11.6 Å². The summed E-state index contributed by atoms with van der Waals surface area (Å²) in [6, 6.07) is 11.7. The summed E-state index contributed by atoms with van der Waals surface area (Å²) in [5.74, 6) is 5.59. The van der Waals surface area contributed by atoms with Gasteiger partial charge in [0.15, 0.2) is 0 Å². The van der Waals surface area contributed by atoms with Gasteiger partial charge in [-0.3, -0.25) is 16.3 Å². The first-order chi connectivity index (χ1) is 8.29. The Morgan fingerprint density at radius 2 is 2.00 bits per heavy atom. The Bertz CT molecular complexity index is 473. The molecule has 0 aliphatic carbocycles. The Labute approximate surface area is 106 Å². The molecule has 1 heterocycles. The van der Waals surface area contributed by atoms with Gasteiger partial charge in [0, 0.05) is 17.4 Å². The molecular formula is C13H14ClN3. The molecule has 1 aromatic heterocycles. The highest BCUT2D eigenvalue weighted by molar-refractivity contribution is 6.30. The summed E-state index contributed by atoms with van der Waals surface area (Å²) in [6.07, 6.45) is 4.36. The van der Waals surface area contributed by atoms with E-state index >= 15 is 0 Å². The normalized spacial score (nSPS) is 12.4. The van der Waals surface area contributed by atoms with Crippen molar-refractivity contribution < 1.29 is 0 Å². The van der Waals surface area contributed by atoms with Crippen LogP contribution in [0, 0.1) is 0 Å². The summed E-state index contributed by atoms with van der Waals surface area (Å²) >= 11 is 5.97. The Morgan fingerprint density at radius 1 is 1.24 bits per heavy atom. The first kappa shape index (κ1) is 12.0. The minimum atomic E-state index is 0.0519. The van der Waals surface area contributed by atoms with Crippen LogP contribution in [0.5, 0.6) is 0 Å². The number of nitrogens with zero attached hydrogens (tertiary/aromatic N) is 1. The minimum absolute atomic E-state index is 0.0519. The van der Waals surface area contributed by atoms with Crippen LogP contribution in [0.2, 0.25) is 5.02 Å². The zero-order valence-electron chi connectivity index (χ0n) is 9.31. The molecule has 17 heavy (non-hydrogen) atoms. The van der Waals surface area contributed by atoms with Crippen molar-refractivity contribution in [1.29, 1.82) is 0 Å². The molecule has 0 amide bonds. The summed E-state index contributed by atoms with van der Waals surface area (Å²) in [5, 5.41) is 0.720. The predicted molar refractivity (Wildman–Crippen MR) is 69.5 cm³/mol. The average Bonchev–Trinajstić information content (AvgIpc) is 2.37. The van der Waals surface area contributed by atoms with E-state index in [0.717, 1.165) is 17.0 Å². The fourth-order valence-corrected chi connectivity index (χ4v) is 1.95. The molecule has 1 atom stereocenters. The number of hydrazine groups is 1. The van der Waals surface area contributed by atoms with E-state index < -0.39 is 0 Å². The number of halogens is 1. The molecule has 0 bridgehead atoms. The van der Waals surface area contributed by atoms with Crippen LogP contribution < -0.4 is 11.3 Å². The summed E-state index contributed by atoms with van der Waals surface area (Å²) in [5.41, 5.74) is 5.08. The molecule has 0 spiro atoms. The lowest BCUT2D eigenvalue weighted by molar-refractivity contribution is 0.552. The standard InChI is InChI=1S/C13H14ClN3/c14-12-3-1-2-11(9-12)13(17-15)8-10-4-6-16-7-5-10/h1-7,9,13,17H,8,15H2. The molecule has 0 saturated carbocycles. The van der Waals surface area contributed by atoms with Gasteiger partial charge >= 0.3 is 0 Å². The summed E-state index contributed by atoms with van der Waals surface area (Å²) in [7, 11) is 0. The maximum absolute atomic E-state index is 5.97. The van der Waals surface area contributed by atoms with E-state index in [9.17, 15) is 0 Å². The van der Waals surface area contributed by atoms with Gasteiger partial charge in [-0.1, -0.05) is 23.7 Å². The van der Waals surface area contributed by atoms with Gasteiger partial charge in [-0.05, 0) is 41.8 Å². The van der Waals surface area contributed by atoms with Crippen LogP contribution in [0.1, 0.15) is 17.2 Å². The second-order valence-electron chi connectivity index (χ2n) is 3.83. The molecule has 2 aromatic rings. The van der Waals surface area contributed by atoms with Crippen LogP contribution in [0.25, 0.3) is 0 Å². The van der Waals surface area contributed by atoms with E-state index in [-0.39, 0.29) is 6.04 Å². The van der Waals surface area contributed by atoms with Gasteiger partial charge in [0.25, 0.3) is 0 Å². The third kappa shape index (κ3) is 3.27. The molecular weight excluding hydrogens is 234 g/mol. The quantitative estimate of drug-likeness (QED) is 0.645. The Hall–Kier alpha value is -1.42. The van der Waals surface area contributed by atoms with E-state index in [1.807, 2.05) is 36.4 Å². The van der Waals surface area contributed by atoms with Gasteiger partial charge in [-0.15, -0.1) is 0 Å². The lowest BCUT2D eigenvalue weighted by atomic mass is 10.0. The van der Waals surface area contributed by atoms with Gasteiger partial charge in [0.2, 0.25) is 0 Å². The average molecular weight is 248 g/mol. The lowest BCUT2D eigenvalue weighted by Crippen LogP contribution is -2.29. The fraction of sp³-hybridized carbons (Fsp3) is 0.154. The molecule has 1 unspecified atom stereocenters. The van der Waals surface area contributed by atoms with Crippen LogP contribution in [0.3, 0.4) is 0 Å². The second kappa shape index (κ2) is 5.77. The van der Waals surface area contributed by atoms with E-state index in [0.29, 0.717) is 0 Å². The Kier molecular flexibility index (Phi) is 4.09. The van der Waals surface area contributed by atoms with Crippen LogP contribution in [-0.2, 0) is 6.42 Å². The van der Waals surface area contributed by atoms with E-state index in [2.05, 4.69) is 10.4 Å². The van der Waals surface area contributed by atoms with Crippen molar-refractivity contribution in [2.45, 2.75) is 12.5 Å². The number of hydrogen-bond donors (Lipinski definition) is 2. The van der Waals surface area contributed by atoms with Crippen LogP contribution >= 0.6 is 11.6 Å². The number of hydrogen-bond acceptors (Lipinski definition) is 3. The van der Waals surface area contributed by atoms with E-state index in [1.165, 1.54) is 5.56 Å². The van der Waals surface area contributed by atoms with Gasteiger partial charge in [-0.2, -0.15) is 0 Å². The number of rotatable bonds is 4. The molecule has 0 radical (unpaired) electrons. The maximum atomic E-state index is 5.97. The molecule has 4 heteroatoms. The zero-order chi connectivity index (χ0) is 12.1. The summed E-state index contributed by atoms with van der Waals surface area (Å²) in [4.78, 5) is 3.99. The molecule has 0 aliphatic heterocycles. The maximum Gasteiger partial charge on any atom is 0.0500 e. The molecule has 88 valence electrons. The SMILES string of the molecule is NNC(Cc1ccncc1)c1cccc(Cl)c1. The monoisotopic (exact) mass is 247 g/mol. The van der Waals surface area contributed by atoms with Crippen LogP contribution in [0.4, 0.5) is 0 Å². The van der Waals surface area contributed by atoms with Crippen molar-refractivity contribution in [2.24, 2.45) is 5.84 Å². The molecule has 0 aliphatic rings. The number of nitrogens with one attached hydrogen (secondary N) is 1. The fourth-order valence-electron chi connectivity index (χ4n) is 1.75. The Balaban J connectivity index is 2.17. The molecule has 0 fully saturated rings. The molecule has 1 aromatic carbocycles. The number of aromatic nitrogens is 1. The van der Waals surface area contributed by atoms with Gasteiger partial charge in [0.1, 0.15) is 0 Å². The van der Waals surface area contributed by atoms with Gasteiger partial charge in [0.05, 0.1) is 6.04 Å². The Morgan fingerprint density at radius 3 is 2.65 bits per heavy atom. The summed E-state index contributed by atoms with van der Waals surface area (Å²) < 4.78 is 0. The highest BCUT2D eigenvalue weighted by Crippen LogP contribution is 2.20. The molecule has 0 saturated heterocycles. The van der Waals surface area contributed by atoms with Crippen molar-refractivity contribution in [1.82, 2.24) is 10.4 Å². The van der Waals surface area contributed by atoms with Crippen LogP contribution in [-0.4, -0.2) is 4.98 Å². The van der Waals surface area contributed by atoms with E-state index in [1.54, 1.807) is 12.4 Å². The van der Waals surface area contributed by atoms with Crippen LogP contribution in [0.15, 0.2) is 48.8 Å².